The lowest BCUT2D eigenvalue weighted by Crippen LogP contribution is -2.35. The van der Waals surface area contributed by atoms with Gasteiger partial charge in [-0.25, -0.2) is 0 Å². The molecule has 0 saturated carbocycles. The second-order valence-electron chi connectivity index (χ2n) is 5.33. The predicted octanol–water partition coefficient (Wildman–Crippen LogP) is 3.54. The number of phenols is 1. The maximum atomic E-state index is 12.9. The van der Waals surface area contributed by atoms with Gasteiger partial charge >= 0.3 is 0 Å². The first kappa shape index (κ1) is 14.4. The summed E-state index contributed by atoms with van der Waals surface area (Å²) in [7, 11) is 1.60. The molecule has 2 atom stereocenters. The average molecular weight is 298 g/mol. The number of hydrogen-bond donors (Lipinski definition) is 1. The minimum absolute atomic E-state index is 0.00222. The maximum Gasteiger partial charge on any atom is 0.177 e. The Hall–Kier alpha value is -2.49. The molecule has 1 N–H and O–H groups in total. The second-order valence-corrected chi connectivity index (χ2v) is 5.33. The summed E-state index contributed by atoms with van der Waals surface area (Å²) in [6, 6.07) is 12.1. The standard InChI is InChI=1S/C18H18O4/c1-3-14-17(12-6-4-5-7-15(12)21-2)18(20)13-9-8-11(19)10-16(13)22-14/h4-10,14,17,19H,3H2,1-2H3. The Bertz CT molecular complexity index is 708. The molecule has 2 aromatic carbocycles. The van der Waals surface area contributed by atoms with Crippen molar-refractivity contribution in [3.05, 3.63) is 53.6 Å². The van der Waals surface area contributed by atoms with Gasteiger partial charge < -0.3 is 14.6 Å². The third kappa shape index (κ3) is 2.30. The number of fused-ring (bicyclic) bond motifs is 1. The van der Waals surface area contributed by atoms with Crippen LogP contribution in [0.1, 0.15) is 35.2 Å². The molecule has 1 heterocycles. The van der Waals surface area contributed by atoms with E-state index in [1.54, 1.807) is 13.2 Å². The van der Waals surface area contributed by atoms with Crippen molar-refractivity contribution < 1.29 is 19.4 Å². The Labute approximate surface area is 129 Å². The van der Waals surface area contributed by atoms with E-state index in [0.29, 0.717) is 23.5 Å². The van der Waals surface area contributed by atoms with E-state index in [1.165, 1.54) is 12.1 Å². The van der Waals surface area contributed by atoms with Crippen molar-refractivity contribution in [2.24, 2.45) is 0 Å². The van der Waals surface area contributed by atoms with Crippen LogP contribution >= 0.6 is 0 Å². The molecule has 3 rings (SSSR count). The van der Waals surface area contributed by atoms with E-state index in [4.69, 9.17) is 9.47 Å². The van der Waals surface area contributed by atoms with Crippen LogP contribution < -0.4 is 9.47 Å². The monoisotopic (exact) mass is 298 g/mol. The van der Waals surface area contributed by atoms with Gasteiger partial charge in [-0.15, -0.1) is 0 Å². The second kappa shape index (κ2) is 5.72. The van der Waals surface area contributed by atoms with Crippen LogP contribution in [-0.4, -0.2) is 24.1 Å². The summed E-state index contributed by atoms with van der Waals surface area (Å²) in [5.74, 6) is 0.820. The lowest BCUT2D eigenvalue weighted by Gasteiger charge is -2.33. The normalized spacial score (nSPS) is 20.2. The summed E-state index contributed by atoms with van der Waals surface area (Å²) in [4.78, 5) is 12.9. The molecule has 0 fully saturated rings. The van der Waals surface area contributed by atoms with Gasteiger partial charge in [0, 0.05) is 11.6 Å². The lowest BCUT2D eigenvalue weighted by molar-refractivity contribution is 0.0772. The Morgan fingerprint density at radius 3 is 2.73 bits per heavy atom. The number of benzene rings is 2. The summed E-state index contributed by atoms with van der Waals surface area (Å²) in [5, 5.41) is 9.59. The summed E-state index contributed by atoms with van der Waals surface area (Å²) >= 11 is 0. The molecule has 114 valence electrons. The first-order chi connectivity index (χ1) is 10.7. The SMILES string of the molecule is CCC1Oc2cc(O)ccc2C(=O)C1c1ccccc1OC. The quantitative estimate of drug-likeness (QED) is 0.941. The highest BCUT2D eigenvalue weighted by atomic mass is 16.5. The van der Waals surface area contributed by atoms with Crippen LogP contribution in [0, 0.1) is 0 Å². The maximum absolute atomic E-state index is 12.9. The molecule has 0 radical (unpaired) electrons. The molecular formula is C18H18O4. The molecule has 0 aliphatic carbocycles. The highest BCUT2D eigenvalue weighted by Gasteiger charge is 2.38. The van der Waals surface area contributed by atoms with Crippen molar-refractivity contribution in [2.75, 3.05) is 7.11 Å². The molecular weight excluding hydrogens is 280 g/mol. The zero-order chi connectivity index (χ0) is 15.7. The van der Waals surface area contributed by atoms with Crippen molar-refractivity contribution in [3.63, 3.8) is 0 Å². The number of carbonyl (C=O) groups excluding carboxylic acids is 1. The van der Waals surface area contributed by atoms with Gasteiger partial charge in [-0.3, -0.25) is 4.79 Å². The third-order valence-corrected chi connectivity index (χ3v) is 4.04. The number of ketones is 1. The zero-order valence-electron chi connectivity index (χ0n) is 12.6. The number of hydrogen-bond acceptors (Lipinski definition) is 4. The molecule has 2 unspecified atom stereocenters. The minimum atomic E-state index is -0.404. The summed E-state index contributed by atoms with van der Waals surface area (Å²) in [5.41, 5.74) is 1.33. The van der Waals surface area contributed by atoms with E-state index in [9.17, 15) is 9.90 Å². The van der Waals surface area contributed by atoms with Crippen LogP contribution in [-0.2, 0) is 0 Å². The summed E-state index contributed by atoms with van der Waals surface area (Å²) < 4.78 is 11.4. The zero-order valence-corrected chi connectivity index (χ0v) is 12.6. The molecule has 4 heteroatoms. The van der Waals surface area contributed by atoms with Crippen LogP contribution in [0.3, 0.4) is 0 Å². The van der Waals surface area contributed by atoms with E-state index in [2.05, 4.69) is 0 Å². The summed E-state index contributed by atoms with van der Waals surface area (Å²) in [6.45, 7) is 1.98. The van der Waals surface area contributed by atoms with Crippen molar-refractivity contribution in [3.8, 4) is 17.2 Å². The van der Waals surface area contributed by atoms with Crippen LogP contribution in [0.2, 0.25) is 0 Å². The van der Waals surface area contributed by atoms with E-state index in [1.807, 2.05) is 31.2 Å². The highest BCUT2D eigenvalue weighted by Crippen LogP contribution is 2.41. The van der Waals surface area contributed by atoms with Gasteiger partial charge in [-0.2, -0.15) is 0 Å². The molecule has 1 aliphatic rings. The molecule has 0 aromatic heterocycles. The van der Waals surface area contributed by atoms with Crippen LogP contribution in [0.5, 0.6) is 17.2 Å². The number of phenolic OH excluding ortho intramolecular Hbond substituents is 1. The number of methoxy groups -OCH3 is 1. The van der Waals surface area contributed by atoms with E-state index in [0.717, 1.165) is 5.56 Å². The predicted molar refractivity (Wildman–Crippen MR) is 82.9 cm³/mol. The Balaban J connectivity index is 2.11. The Morgan fingerprint density at radius 1 is 1.23 bits per heavy atom. The van der Waals surface area contributed by atoms with Gasteiger partial charge in [0.2, 0.25) is 0 Å². The number of ether oxygens (including phenoxy) is 2. The van der Waals surface area contributed by atoms with E-state index < -0.39 is 5.92 Å². The molecule has 2 aromatic rings. The molecule has 22 heavy (non-hydrogen) atoms. The van der Waals surface area contributed by atoms with Crippen molar-refractivity contribution in [1.82, 2.24) is 0 Å². The van der Waals surface area contributed by atoms with Gasteiger partial charge in [-0.05, 0) is 24.6 Å². The molecule has 0 bridgehead atoms. The Morgan fingerprint density at radius 2 is 2.00 bits per heavy atom. The molecule has 4 nitrogen and oxygen atoms in total. The van der Waals surface area contributed by atoms with Crippen molar-refractivity contribution in [1.29, 1.82) is 0 Å². The third-order valence-electron chi connectivity index (χ3n) is 4.04. The van der Waals surface area contributed by atoms with Crippen LogP contribution in [0.25, 0.3) is 0 Å². The molecule has 1 aliphatic heterocycles. The smallest absolute Gasteiger partial charge is 0.177 e. The topological polar surface area (TPSA) is 55.8 Å². The van der Waals surface area contributed by atoms with Crippen molar-refractivity contribution >= 4 is 5.78 Å². The van der Waals surface area contributed by atoms with E-state index in [-0.39, 0.29) is 17.6 Å². The summed E-state index contributed by atoms with van der Waals surface area (Å²) in [6.07, 6.45) is 0.405. The number of aromatic hydroxyl groups is 1. The van der Waals surface area contributed by atoms with E-state index >= 15 is 0 Å². The first-order valence-electron chi connectivity index (χ1n) is 7.32. The number of carbonyl (C=O) groups is 1. The first-order valence-corrected chi connectivity index (χ1v) is 7.32. The minimum Gasteiger partial charge on any atom is -0.508 e. The van der Waals surface area contributed by atoms with Gasteiger partial charge in [0.15, 0.2) is 5.78 Å². The van der Waals surface area contributed by atoms with Crippen LogP contribution in [0.15, 0.2) is 42.5 Å². The number of Topliss-reactive ketones (excluding diaryl/α,β-unsaturated/α-hetero) is 1. The average Bonchev–Trinajstić information content (AvgIpc) is 2.54. The van der Waals surface area contributed by atoms with Crippen LogP contribution in [0.4, 0.5) is 0 Å². The Kier molecular flexibility index (Phi) is 3.75. The highest BCUT2D eigenvalue weighted by molar-refractivity contribution is 6.05. The lowest BCUT2D eigenvalue weighted by atomic mass is 9.82. The fourth-order valence-corrected chi connectivity index (χ4v) is 2.96. The largest absolute Gasteiger partial charge is 0.508 e. The number of rotatable bonds is 3. The van der Waals surface area contributed by atoms with Gasteiger partial charge in [-0.1, -0.05) is 25.1 Å². The number of para-hydroxylation sites is 1. The molecule has 0 saturated heterocycles. The van der Waals surface area contributed by atoms with Gasteiger partial charge in [0.25, 0.3) is 0 Å². The van der Waals surface area contributed by atoms with Gasteiger partial charge in [0.05, 0.1) is 18.6 Å². The van der Waals surface area contributed by atoms with Gasteiger partial charge in [0.1, 0.15) is 23.4 Å². The fraction of sp³-hybridized carbons (Fsp3) is 0.278. The molecule has 0 spiro atoms. The fourth-order valence-electron chi connectivity index (χ4n) is 2.96. The molecule has 0 amide bonds. The van der Waals surface area contributed by atoms with Crippen molar-refractivity contribution in [2.45, 2.75) is 25.4 Å².